The van der Waals surface area contributed by atoms with Gasteiger partial charge in [0.25, 0.3) is 0 Å². The zero-order chi connectivity index (χ0) is 17.8. The van der Waals surface area contributed by atoms with Crippen LogP contribution in [0.5, 0.6) is 0 Å². The molecule has 0 aliphatic carbocycles. The van der Waals surface area contributed by atoms with E-state index in [2.05, 4.69) is 10.2 Å². The molecule has 0 bridgehead atoms. The summed E-state index contributed by atoms with van der Waals surface area (Å²) >= 11 is 7.22. The Kier molecular flexibility index (Phi) is 5.40. The number of hydrogen-bond donors (Lipinski definition) is 1. The van der Waals surface area contributed by atoms with Crippen molar-refractivity contribution in [3.8, 4) is 11.4 Å². The number of hydrogen-bond acceptors (Lipinski definition) is 5. The van der Waals surface area contributed by atoms with Crippen LogP contribution in [0.3, 0.4) is 0 Å². The summed E-state index contributed by atoms with van der Waals surface area (Å²) in [5.74, 6) is 1.01. The highest BCUT2D eigenvalue weighted by molar-refractivity contribution is 7.99. The molecule has 0 atom stereocenters. The smallest absolute Gasteiger partial charge is 0.191 e. The molecule has 2 N–H and O–H groups in total. The van der Waals surface area contributed by atoms with Crippen molar-refractivity contribution in [2.45, 2.75) is 18.6 Å². The van der Waals surface area contributed by atoms with E-state index in [1.165, 1.54) is 11.8 Å². The Morgan fingerprint density at radius 3 is 2.56 bits per heavy atom. The summed E-state index contributed by atoms with van der Waals surface area (Å²) in [6.07, 6.45) is 0. The fourth-order valence-electron chi connectivity index (χ4n) is 2.43. The van der Waals surface area contributed by atoms with Crippen molar-refractivity contribution in [1.29, 1.82) is 0 Å². The zero-order valence-electron chi connectivity index (χ0n) is 13.6. The van der Waals surface area contributed by atoms with Crippen LogP contribution in [0.4, 0.5) is 5.69 Å². The van der Waals surface area contributed by atoms with Crippen LogP contribution in [-0.4, -0.2) is 26.3 Å². The first kappa shape index (κ1) is 17.5. The van der Waals surface area contributed by atoms with Gasteiger partial charge < -0.3 is 10.3 Å². The molecule has 0 unspecified atom stereocenters. The number of benzene rings is 2. The lowest BCUT2D eigenvalue weighted by molar-refractivity contribution is 0.102. The van der Waals surface area contributed by atoms with Crippen LogP contribution in [0.1, 0.15) is 17.3 Å². The number of halogens is 1. The quantitative estimate of drug-likeness (QED) is 0.399. The highest BCUT2D eigenvalue weighted by Crippen LogP contribution is 2.28. The van der Waals surface area contributed by atoms with Crippen LogP contribution in [0.15, 0.2) is 53.7 Å². The molecule has 3 aromatic rings. The van der Waals surface area contributed by atoms with Crippen molar-refractivity contribution < 1.29 is 4.79 Å². The first-order valence-corrected chi connectivity index (χ1v) is 9.16. The molecule has 1 heterocycles. The van der Waals surface area contributed by atoms with Crippen LogP contribution in [0, 0.1) is 0 Å². The third-order valence-corrected chi connectivity index (χ3v) is 4.95. The van der Waals surface area contributed by atoms with Crippen LogP contribution in [-0.2, 0) is 6.54 Å². The van der Waals surface area contributed by atoms with Gasteiger partial charge in [-0.1, -0.05) is 35.5 Å². The molecule has 0 amide bonds. The van der Waals surface area contributed by atoms with Crippen molar-refractivity contribution >= 4 is 34.8 Å². The molecule has 1 aromatic heterocycles. The number of anilines is 1. The number of nitrogens with two attached hydrogens (primary N) is 1. The molecule has 0 fully saturated rings. The number of nitrogens with zero attached hydrogens (tertiary/aromatic N) is 3. The van der Waals surface area contributed by atoms with Crippen LogP contribution in [0.25, 0.3) is 11.4 Å². The number of rotatable bonds is 6. The molecule has 0 saturated carbocycles. The second kappa shape index (κ2) is 7.72. The maximum Gasteiger partial charge on any atom is 0.191 e. The Labute approximate surface area is 155 Å². The number of para-hydroxylation sites is 1. The zero-order valence-corrected chi connectivity index (χ0v) is 15.2. The van der Waals surface area contributed by atoms with E-state index in [0.717, 1.165) is 5.56 Å². The van der Waals surface area contributed by atoms with Gasteiger partial charge in [0.1, 0.15) is 0 Å². The molecule has 0 spiro atoms. The van der Waals surface area contributed by atoms with Crippen molar-refractivity contribution in [2.24, 2.45) is 0 Å². The van der Waals surface area contributed by atoms with E-state index in [1.807, 2.05) is 35.8 Å². The first-order valence-electron chi connectivity index (χ1n) is 7.79. The van der Waals surface area contributed by atoms with Gasteiger partial charge in [0.2, 0.25) is 0 Å². The second-order valence-corrected chi connectivity index (χ2v) is 6.74. The molecule has 7 heteroatoms. The maximum atomic E-state index is 12.3. The Morgan fingerprint density at radius 2 is 1.88 bits per heavy atom. The number of carbonyl (C=O) groups excluding carboxylic acids is 1. The van der Waals surface area contributed by atoms with Gasteiger partial charge in [-0.15, -0.1) is 10.2 Å². The van der Waals surface area contributed by atoms with Gasteiger partial charge in [-0.3, -0.25) is 4.79 Å². The predicted molar refractivity (Wildman–Crippen MR) is 102 cm³/mol. The Bertz CT molecular complexity index is 892. The number of aromatic nitrogens is 3. The van der Waals surface area contributed by atoms with Crippen LogP contribution >= 0.6 is 23.4 Å². The number of Topliss-reactive ketones (excluding diaryl/α,β-unsaturated/α-hetero) is 1. The lowest BCUT2D eigenvalue weighted by atomic mass is 10.1. The number of nitrogen functional groups attached to an aromatic ring is 1. The highest BCUT2D eigenvalue weighted by atomic mass is 35.5. The van der Waals surface area contributed by atoms with Gasteiger partial charge in [0.05, 0.1) is 5.75 Å². The summed E-state index contributed by atoms with van der Waals surface area (Å²) < 4.78 is 1.96. The van der Waals surface area contributed by atoms with E-state index in [0.29, 0.717) is 33.8 Å². The normalized spacial score (nSPS) is 10.8. The molecule has 0 aliphatic rings. The van der Waals surface area contributed by atoms with Gasteiger partial charge in [-0.2, -0.15) is 0 Å². The molecule has 128 valence electrons. The van der Waals surface area contributed by atoms with E-state index < -0.39 is 0 Å². The minimum Gasteiger partial charge on any atom is -0.398 e. The SMILES string of the molecule is CCn1c(SCC(=O)c2ccc(Cl)cc2)nnc1-c1ccccc1N. The lowest BCUT2D eigenvalue weighted by Gasteiger charge is -2.08. The van der Waals surface area contributed by atoms with Crippen molar-refractivity contribution in [3.05, 3.63) is 59.1 Å². The summed E-state index contributed by atoms with van der Waals surface area (Å²) in [5.41, 5.74) is 8.17. The van der Waals surface area contributed by atoms with Gasteiger partial charge >= 0.3 is 0 Å². The van der Waals surface area contributed by atoms with E-state index in [9.17, 15) is 4.79 Å². The molecule has 0 radical (unpaired) electrons. The molecular weight excluding hydrogens is 356 g/mol. The fraction of sp³-hybridized carbons (Fsp3) is 0.167. The average molecular weight is 373 g/mol. The van der Waals surface area contributed by atoms with E-state index in [-0.39, 0.29) is 11.5 Å². The standard InChI is InChI=1S/C18H17ClN4OS/c1-2-23-17(14-5-3-4-6-15(14)20)21-22-18(23)25-11-16(24)12-7-9-13(19)10-8-12/h3-10H,2,11,20H2,1H3. The molecule has 25 heavy (non-hydrogen) atoms. The molecule has 3 rings (SSSR count). The summed E-state index contributed by atoms with van der Waals surface area (Å²) in [7, 11) is 0. The maximum absolute atomic E-state index is 12.3. The van der Waals surface area contributed by atoms with Crippen molar-refractivity contribution in [1.82, 2.24) is 14.8 Å². The van der Waals surface area contributed by atoms with E-state index >= 15 is 0 Å². The average Bonchev–Trinajstić information content (AvgIpc) is 3.03. The first-order chi connectivity index (χ1) is 12.1. The minimum atomic E-state index is 0.0214. The van der Waals surface area contributed by atoms with Crippen LogP contribution < -0.4 is 5.73 Å². The summed E-state index contributed by atoms with van der Waals surface area (Å²) in [4.78, 5) is 12.3. The summed E-state index contributed by atoms with van der Waals surface area (Å²) in [6.45, 7) is 2.70. The highest BCUT2D eigenvalue weighted by Gasteiger charge is 2.16. The van der Waals surface area contributed by atoms with Crippen LogP contribution in [0.2, 0.25) is 5.02 Å². The molecule has 0 saturated heterocycles. The lowest BCUT2D eigenvalue weighted by Crippen LogP contribution is -2.05. The number of ketones is 1. The van der Waals surface area contributed by atoms with Gasteiger partial charge in [-0.25, -0.2) is 0 Å². The third-order valence-electron chi connectivity index (χ3n) is 3.73. The Balaban J connectivity index is 1.78. The Morgan fingerprint density at radius 1 is 1.16 bits per heavy atom. The number of carbonyl (C=O) groups is 1. The fourth-order valence-corrected chi connectivity index (χ4v) is 3.45. The summed E-state index contributed by atoms with van der Waals surface area (Å²) in [6, 6.07) is 14.4. The van der Waals surface area contributed by atoms with E-state index in [1.54, 1.807) is 24.3 Å². The van der Waals surface area contributed by atoms with Crippen molar-refractivity contribution in [3.63, 3.8) is 0 Å². The molecule has 0 aliphatic heterocycles. The monoisotopic (exact) mass is 372 g/mol. The Hall–Kier alpha value is -2.31. The molecule has 2 aromatic carbocycles. The molecule has 5 nitrogen and oxygen atoms in total. The minimum absolute atomic E-state index is 0.0214. The van der Waals surface area contributed by atoms with Crippen molar-refractivity contribution in [2.75, 3.05) is 11.5 Å². The van der Waals surface area contributed by atoms with Gasteiger partial charge in [-0.05, 0) is 43.3 Å². The second-order valence-electron chi connectivity index (χ2n) is 5.36. The number of thioether (sulfide) groups is 1. The topological polar surface area (TPSA) is 73.8 Å². The predicted octanol–water partition coefficient (Wildman–Crippen LogP) is 4.18. The molecular formula is C18H17ClN4OS. The van der Waals surface area contributed by atoms with Gasteiger partial charge in [0.15, 0.2) is 16.8 Å². The largest absolute Gasteiger partial charge is 0.398 e. The van der Waals surface area contributed by atoms with E-state index in [4.69, 9.17) is 17.3 Å². The third kappa shape index (κ3) is 3.86. The summed E-state index contributed by atoms with van der Waals surface area (Å²) in [5, 5.41) is 9.80. The van der Waals surface area contributed by atoms with Gasteiger partial charge in [0, 0.05) is 28.4 Å².